The minimum absolute atomic E-state index is 0.727. The maximum atomic E-state index is 6.05. The summed E-state index contributed by atoms with van der Waals surface area (Å²) in [6.07, 6.45) is 0. The summed E-state index contributed by atoms with van der Waals surface area (Å²) in [5.41, 5.74) is 20.5. The van der Waals surface area contributed by atoms with E-state index in [0.29, 0.717) is 0 Å². The number of hydrogen-bond acceptors (Lipinski definition) is 2. The summed E-state index contributed by atoms with van der Waals surface area (Å²) in [4.78, 5) is 4.56. The normalized spacial score (nSPS) is 10.6. The van der Waals surface area contributed by atoms with Gasteiger partial charge in [-0.2, -0.15) is 0 Å². The average molecular weight is 922 g/mol. The zero-order chi connectivity index (χ0) is 46.7. The number of nitrogens with zero attached hydrogens (tertiary/aromatic N) is 2. The molecule has 0 atom stereocenters. The lowest BCUT2D eigenvalue weighted by Gasteiger charge is -2.27. The van der Waals surface area contributed by atoms with Gasteiger partial charge in [0, 0.05) is 49.2 Å². The van der Waals surface area contributed by atoms with Crippen LogP contribution in [0.25, 0.3) is 22.3 Å². The molecule has 0 unspecified atom stereocenters. The SMILES string of the molecule is Cc1ccc(-c2ccc(N(c3ccc(-c4ccc(C)cc4)cc3)c3ccc(C)cc3C)cc2)cc1.Cc1ccc(Cl)cc1.Cc1ccc(N(c2ccc(Cl)cc2)c2ccc(Cl)cc2)c(C)c1. The molecule has 0 spiro atoms. The second kappa shape index (κ2) is 22.1. The van der Waals surface area contributed by atoms with Crippen LogP contribution in [0.2, 0.25) is 15.1 Å². The first-order chi connectivity index (χ1) is 31.8. The highest BCUT2D eigenvalue weighted by molar-refractivity contribution is 6.31. The Kier molecular flexibility index (Phi) is 15.9. The Morgan fingerprint density at radius 3 is 0.712 bits per heavy atom. The van der Waals surface area contributed by atoms with Crippen LogP contribution in [-0.2, 0) is 0 Å². The monoisotopic (exact) mass is 920 g/mol. The number of halogens is 3. The van der Waals surface area contributed by atoms with Gasteiger partial charge in [-0.1, -0.05) is 172 Å². The van der Waals surface area contributed by atoms with Crippen molar-refractivity contribution < 1.29 is 0 Å². The minimum Gasteiger partial charge on any atom is -0.310 e. The van der Waals surface area contributed by atoms with Crippen molar-refractivity contribution in [3.05, 3.63) is 260 Å². The van der Waals surface area contributed by atoms with Crippen LogP contribution in [0.1, 0.15) is 38.9 Å². The van der Waals surface area contributed by atoms with Gasteiger partial charge in [-0.15, -0.1) is 0 Å². The lowest BCUT2D eigenvalue weighted by Crippen LogP contribution is -2.11. The van der Waals surface area contributed by atoms with Gasteiger partial charge in [-0.05, 0) is 179 Å². The Balaban J connectivity index is 0.000000178. The first-order valence-corrected chi connectivity index (χ1v) is 23.3. The number of aryl methyl sites for hydroxylation is 7. The van der Waals surface area contributed by atoms with E-state index in [4.69, 9.17) is 34.8 Å². The second-order valence-electron chi connectivity index (χ2n) is 16.8. The van der Waals surface area contributed by atoms with Crippen LogP contribution in [0.5, 0.6) is 0 Å². The lowest BCUT2D eigenvalue weighted by molar-refractivity contribution is 1.24. The minimum atomic E-state index is 0.727. The average Bonchev–Trinajstić information content (AvgIpc) is 3.31. The molecule has 0 saturated carbocycles. The van der Waals surface area contributed by atoms with Crippen molar-refractivity contribution >= 4 is 68.9 Å². The third-order valence-corrected chi connectivity index (χ3v) is 12.1. The van der Waals surface area contributed by atoms with Gasteiger partial charge in [0.25, 0.3) is 0 Å². The molecule has 2 nitrogen and oxygen atoms in total. The Labute approximate surface area is 407 Å². The largest absolute Gasteiger partial charge is 0.310 e. The smallest absolute Gasteiger partial charge is 0.0490 e. The third-order valence-electron chi connectivity index (χ3n) is 11.4. The molecule has 9 aromatic rings. The van der Waals surface area contributed by atoms with Crippen LogP contribution in [-0.4, -0.2) is 0 Å². The van der Waals surface area contributed by atoms with Crippen molar-refractivity contribution in [3.63, 3.8) is 0 Å². The fourth-order valence-electron chi connectivity index (χ4n) is 7.78. The topological polar surface area (TPSA) is 6.48 Å². The van der Waals surface area contributed by atoms with E-state index in [2.05, 4.69) is 185 Å². The van der Waals surface area contributed by atoms with Crippen molar-refractivity contribution in [2.75, 3.05) is 9.80 Å². The standard InChI is InChI=1S/C34H31N.C20H17Cl2N.C7H7Cl/c1-24-5-10-28(11-6-24)30-14-18-32(19-15-30)35(34-22-9-26(3)23-27(34)4)33-20-16-31(17-21-33)29-12-7-25(2)8-13-29;1-14-3-12-20(15(2)13-14)23(18-8-4-16(21)5-9-18)19-10-6-17(22)7-11-19;1-6-2-4-7(8)5-3-6/h5-23H,1-4H3;3-13H,1-2H3;2-5H,1H3. The van der Waals surface area contributed by atoms with Gasteiger partial charge in [-0.3, -0.25) is 0 Å². The molecule has 0 saturated heterocycles. The van der Waals surface area contributed by atoms with Gasteiger partial charge in [-0.25, -0.2) is 0 Å². The van der Waals surface area contributed by atoms with Gasteiger partial charge < -0.3 is 9.80 Å². The molecule has 66 heavy (non-hydrogen) atoms. The summed E-state index contributed by atoms with van der Waals surface area (Å²) in [6.45, 7) is 14.9. The Hall–Kier alpha value is -6.55. The molecule has 0 aromatic heterocycles. The van der Waals surface area contributed by atoms with Crippen molar-refractivity contribution in [1.82, 2.24) is 0 Å². The molecule has 0 aliphatic heterocycles. The van der Waals surface area contributed by atoms with E-state index in [1.807, 2.05) is 79.7 Å². The molecule has 9 rings (SSSR count). The van der Waals surface area contributed by atoms with Gasteiger partial charge in [0.15, 0.2) is 0 Å². The van der Waals surface area contributed by atoms with Crippen LogP contribution >= 0.6 is 34.8 Å². The number of hydrogen-bond donors (Lipinski definition) is 0. The van der Waals surface area contributed by atoms with Gasteiger partial charge in [0.1, 0.15) is 0 Å². The predicted octanol–water partition coefficient (Wildman–Crippen LogP) is 19.5. The first kappa shape index (κ1) is 47.4. The summed E-state index contributed by atoms with van der Waals surface area (Å²) < 4.78 is 0. The van der Waals surface area contributed by atoms with Crippen molar-refractivity contribution in [1.29, 1.82) is 0 Å². The number of benzene rings is 9. The van der Waals surface area contributed by atoms with E-state index >= 15 is 0 Å². The summed E-state index contributed by atoms with van der Waals surface area (Å²) in [5, 5.41) is 2.26. The van der Waals surface area contributed by atoms with Crippen LogP contribution in [0.4, 0.5) is 34.1 Å². The molecule has 5 heteroatoms. The molecular formula is C61H55Cl3N2. The molecule has 9 aromatic carbocycles. The molecule has 330 valence electrons. The molecule has 0 amide bonds. The van der Waals surface area contributed by atoms with Crippen molar-refractivity contribution in [3.8, 4) is 22.3 Å². The quantitative estimate of drug-likeness (QED) is 0.150. The fourth-order valence-corrected chi connectivity index (χ4v) is 8.16. The van der Waals surface area contributed by atoms with E-state index in [-0.39, 0.29) is 0 Å². The van der Waals surface area contributed by atoms with Crippen LogP contribution < -0.4 is 9.80 Å². The van der Waals surface area contributed by atoms with Crippen LogP contribution in [0, 0.1) is 48.5 Å². The van der Waals surface area contributed by atoms with E-state index in [1.54, 1.807) is 0 Å². The Bertz CT molecular complexity index is 2800. The molecule has 0 N–H and O–H groups in total. The van der Waals surface area contributed by atoms with Crippen LogP contribution in [0.3, 0.4) is 0 Å². The molecule has 0 heterocycles. The van der Waals surface area contributed by atoms with Crippen molar-refractivity contribution in [2.45, 2.75) is 48.5 Å². The third kappa shape index (κ3) is 12.4. The van der Waals surface area contributed by atoms with Crippen molar-refractivity contribution in [2.24, 2.45) is 0 Å². The number of rotatable bonds is 8. The summed E-state index contributed by atoms with van der Waals surface area (Å²) in [6, 6.07) is 71.8. The summed E-state index contributed by atoms with van der Waals surface area (Å²) in [7, 11) is 0. The highest BCUT2D eigenvalue weighted by atomic mass is 35.5. The predicted molar refractivity (Wildman–Crippen MR) is 288 cm³/mol. The fraction of sp³-hybridized carbons (Fsp3) is 0.115. The molecule has 0 bridgehead atoms. The molecule has 0 radical (unpaired) electrons. The highest BCUT2D eigenvalue weighted by Gasteiger charge is 2.17. The lowest BCUT2D eigenvalue weighted by atomic mass is 10.0. The zero-order valence-corrected chi connectivity index (χ0v) is 40.9. The Morgan fingerprint density at radius 1 is 0.242 bits per heavy atom. The summed E-state index contributed by atoms with van der Waals surface area (Å²) >= 11 is 17.7. The molecule has 0 aliphatic carbocycles. The summed E-state index contributed by atoms with van der Waals surface area (Å²) in [5.74, 6) is 0. The van der Waals surface area contributed by atoms with Gasteiger partial charge in [0.05, 0.1) is 0 Å². The molecule has 0 aliphatic rings. The van der Waals surface area contributed by atoms with Gasteiger partial charge >= 0.3 is 0 Å². The highest BCUT2D eigenvalue weighted by Crippen LogP contribution is 2.40. The zero-order valence-electron chi connectivity index (χ0n) is 38.7. The van der Waals surface area contributed by atoms with Crippen LogP contribution in [0.15, 0.2) is 206 Å². The van der Waals surface area contributed by atoms with E-state index < -0.39 is 0 Å². The molecular weight excluding hydrogens is 867 g/mol. The second-order valence-corrected chi connectivity index (χ2v) is 18.1. The maximum Gasteiger partial charge on any atom is 0.0490 e. The maximum absolute atomic E-state index is 6.05. The molecule has 0 fully saturated rings. The Morgan fingerprint density at radius 2 is 0.455 bits per heavy atom. The van der Waals surface area contributed by atoms with Gasteiger partial charge in [0.2, 0.25) is 0 Å². The number of anilines is 6. The van der Waals surface area contributed by atoms with E-state index in [0.717, 1.165) is 43.5 Å². The van der Waals surface area contributed by atoms with E-state index in [1.165, 1.54) is 66.9 Å². The van der Waals surface area contributed by atoms with E-state index in [9.17, 15) is 0 Å². The first-order valence-electron chi connectivity index (χ1n) is 22.1.